The fraction of sp³-hybridized carbons (Fsp3) is 0.429. The second kappa shape index (κ2) is 11.6. The van der Waals surface area contributed by atoms with Gasteiger partial charge in [-0.3, -0.25) is 14.2 Å². The molecule has 2 fully saturated rings. The number of ether oxygens (including phenoxy) is 1. The normalized spacial score (nSPS) is 16.8. The molecule has 0 spiro atoms. The number of pyridine rings is 1. The molecule has 6 rings (SSSR count). The minimum atomic E-state index is -0.207. The van der Waals surface area contributed by atoms with Crippen molar-refractivity contribution < 1.29 is 14.1 Å². The monoisotopic (exact) mass is 578 g/mol. The van der Waals surface area contributed by atoms with Crippen LogP contribution in [-0.4, -0.2) is 74.4 Å². The predicted octanol–water partition coefficient (Wildman–Crippen LogP) is 3.18. The van der Waals surface area contributed by atoms with Crippen molar-refractivity contribution >= 4 is 34.5 Å². The van der Waals surface area contributed by atoms with Gasteiger partial charge in [-0.15, -0.1) is 0 Å². The molecule has 0 atom stereocenters. The molecular weight excluding hydrogens is 548 g/mol. The number of piperidine rings is 1. The number of carbonyl (C=O) groups excluding carboxylic acids is 1. The number of aromatic nitrogens is 5. The Kier molecular flexibility index (Phi) is 7.69. The molecule has 3 aromatic heterocycles. The van der Waals surface area contributed by atoms with Crippen LogP contribution in [0, 0.1) is 6.92 Å². The van der Waals surface area contributed by atoms with E-state index in [1.54, 1.807) is 40.8 Å². The first-order chi connectivity index (χ1) is 19.9. The summed E-state index contributed by atoms with van der Waals surface area (Å²) in [4.78, 5) is 41.8. The van der Waals surface area contributed by atoms with Gasteiger partial charge in [-0.2, -0.15) is 9.97 Å². The summed E-state index contributed by atoms with van der Waals surface area (Å²) >= 11 is 6.74. The van der Waals surface area contributed by atoms with Gasteiger partial charge in [0.25, 0.3) is 5.56 Å². The molecule has 12 nitrogen and oxygen atoms in total. The molecule has 0 saturated carbocycles. The predicted molar refractivity (Wildman–Crippen MR) is 154 cm³/mol. The van der Waals surface area contributed by atoms with Crippen molar-refractivity contribution in [3.63, 3.8) is 0 Å². The van der Waals surface area contributed by atoms with Crippen LogP contribution in [0.3, 0.4) is 0 Å². The van der Waals surface area contributed by atoms with Crippen LogP contribution in [0.5, 0.6) is 0 Å². The molecule has 3 N–H and O–H groups in total. The van der Waals surface area contributed by atoms with Crippen molar-refractivity contribution in [2.24, 2.45) is 5.73 Å². The highest BCUT2D eigenvalue weighted by atomic mass is 35.5. The summed E-state index contributed by atoms with van der Waals surface area (Å²) < 4.78 is 12.3. The minimum absolute atomic E-state index is 0.0323. The lowest BCUT2D eigenvalue weighted by atomic mass is 10.0. The molecule has 13 heteroatoms. The van der Waals surface area contributed by atoms with Crippen molar-refractivity contribution in [2.45, 2.75) is 44.7 Å². The molecule has 0 unspecified atom stereocenters. The smallest absolute Gasteiger partial charge is 0.260 e. The number of halogens is 1. The number of nitrogens with zero attached hydrogens (tertiary/aromatic N) is 6. The molecule has 4 aromatic rings. The molecule has 0 aliphatic carbocycles. The quantitative estimate of drug-likeness (QED) is 0.348. The SMILES string of the molecule is Cc1nc(-c2ccc(-c3cc4cnc(NC5CCOCC5)nc4n(C4CCN(C(=O)CN)CC4)c3=O)c(Cl)c2)no1. The Morgan fingerprint density at radius 3 is 2.59 bits per heavy atom. The molecule has 2 aliphatic heterocycles. The molecule has 5 heterocycles. The van der Waals surface area contributed by atoms with Crippen LogP contribution in [0.2, 0.25) is 5.02 Å². The first-order valence-corrected chi connectivity index (χ1v) is 14.1. The first-order valence-electron chi connectivity index (χ1n) is 13.8. The minimum Gasteiger partial charge on any atom is -0.381 e. The van der Waals surface area contributed by atoms with E-state index in [9.17, 15) is 9.59 Å². The zero-order chi connectivity index (χ0) is 28.5. The number of fused-ring (bicyclic) bond motifs is 1. The molecule has 0 radical (unpaired) electrons. The average Bonchev–Trinajstić information content (AvgIpc) is 3.43. The van der Waals surface area contributed by atoms with Crippen molar-refractivity contribution in [2.75, 3.05) is 38.2 Å². The molecule has 2 saturated heterocycles. The fourth-order valence-corrected chi connectivity index (χ4v) is 5.82. The topological polar surface area (TPSA) is 154 Å². The zero-order valence-corrected chi connectivity index (χ0v) is 23.4. The van der Waals surface area contributed by atoms with Gasteiger partial charge in [0.2, 0.25) is 23.6 Å². The maximum absolute atomic E-state index is 14.2. The van der Waals surface area contributed by atoms with E-state index in [-0.39, 0.29) is 30.1 Å². The number of hydrogen-bond acceptors (Lipinski definition) is 10. The van der Waals surface area contributed by atoms with E-state index in [4.69, 9.17) is 31.6 Å². The van der Waals surface area contributed by atoms with Gasteiger partial charge in [0.05, 0.1) is 6.54 Å². The van der Waals surface area contributed by atoms with Gasteiger partial charge in [0, 0.05) is 78.6 Å². The summed E-state index contributed by atoms with van der Waals surface area (Å²) in [5.74, 6) is 1.24. The third-order valence-electron chi connectivity index (χ3n) is 7.73. The third-order valence-corrected chi connectivity index (χ3v) is 8.04. The number of hydrogen-bond donors (Lipinski definition) is 2. The summed E-state index contributed by atoms with van der Waals surface area (Å²) in [6.07, 6.45) is 4.65. The molecule has 1 amide bonds. The number of rotatable bonds is 6. The lowest BCUT2D eigenvalue weighted by Crippen LogP contribution is -2.43. The van der Waals surface area contributed by atoms with Crippen LogP contribution in [0.25, 0.3) is 33.5 Å². The number of amides is 1. The van der Waals surface area contributed by atoms with E-state index in [1.807, 2.05) is 6.07 Å². The summed E-state index contributed by atoms with van der Waals surface area (Å²) in [5.41, 5.74) is 7.62. The first kappa shape index (κ1) is 27.3. The van der Waals surface area contributed by atoms with E-state index >= 15 is 0 Å². The summed E-state index contributed by atoms with van der Waals surface area (Å²) in [6, 6.07) is 7.15. The van der Waals surface area contributed by atoms with Crippen LogP contribution in [-0.2, 0) is 9.53 Å². The Labute approximate surface area is 240 Å². The van der Waals surface area contributed by atoms with Crippen molar-refractivity contribution in [1.82, 2.24) is 29.6 Å². The van der Waals surface area contributed by atoms with Crippen LogP contribution in [0.15, 0.2) is 39.8 Å². The third kappa shape index (κ3) is 5.54. The number of aryl methyl sites for hydroxylation is 1. The lowest BCUT2D eigenvalue weighted by Gasteiger charge is -2.33. The number of benzene rings is 1. The van der Waals surface area contributed by atoms with E-state index < -0.39 is 0 Å². The van der Waals surface area contributed by atoms with Crippen LogP contribution in [0.1, 0.15) is 37.6 Å². The Morgan fingerprint density at radius 2 is 1.90 bits per heavy atom. The highest BCUT2D eigenvalue weighted by Gasteiger charge is 2.27. The average molecular weight is 579 g/mol. The number of carbonyl (C=O) groups is 1. The Hall–Kier alpha value is -3.87. The van der Waals surface area contributed by atoms with Gasteiger partial charge in [-0.25, -0.2) is 4.98 Å². The maximum Gasteiger partial charge on any atom is 0.260 e. The van der Waals surface area contributed by atoms with Gasteiger partial charge in [0.15, 0.2) is 0 Å². The largest absolute Gasteiger partial charge is 0.381 e. The molecule has 1 aromatic carbocycles. The van der Waals surface area contributed by atoms with E-state index in [2.05, 4.69) is 20.4 Å². The van der Waals surface area contributed by atoms with Gasteiger partial charge in [-0.05, 0) is 37.8 Å². The second-order valence-corrected chi connectivity index (χ2v) is 10.8. The van der Waals surface area contributed by atoms with Crippen molar-refractivity contribution in [3.05, 3.63) is 51.7 Å². The second-order valence-electron chi connectivity index (χ2n) is 10.4. The molecule has 2 aliphatic rings. The highest BCUT2D eigenvalue weighted by molar-refractivity contribution is 6.33. The Bertz CT molecular complexity index is 1640. The number of anilines is 1. The van der Waals surface area contributed by atoms with Crippen LogP contribution >= 0.6 is 11.6 Å². The Balaban J connectivity index is 1.42. The van der Waals surface area contributed by atoms with Gasteiger partial charge in [-0.1, -0.05) is 28.9 Å². The van der Waals surface area contributed by atoms with Gasteiger partial charge < -0.3 is 25.2 Å². The standard InChI is InChI=1S/C28H31ClN8O4/c1-16-32-25(35-41-16)17-2-3-21(23(29)13-17)22-12-18-15-31-28(33-19-6-10-40-11-7-19)34-26(18)37(27(22)39)20-4-8-36(9-5-20)24(38)14-30/h2-3,12-13,15,19-20H,4-11,14,30H2,1H3,(H,31,33,34). The molecule has 214 valence electrons. The van der Waals surface area contributed by atoms with E-state index in [1.165, 1.54) is 0 Å². The van der Waals surface area contributed by atoms with Crippen LogP contribution < -0.4 is 16.6 Å². The summed E-state index contributed by atoms with van der Waals surface area (Å²) in [7, 11) is 0. The lowest BCUT2D eigenvalue weighted by molar-refractivity contribution is -0.130. The number of nitrogens with two attached hydrogens (primary N) is 1. The van der Waals surface area contributed by atoms with E-state index in [0.717, 1.165) is 12.8 Å². The molecular formula is C28H31ClN8O4. The Morgan fingerprint density at radius 1 is 1.12 bits per heavy atom. The van der Waals surface area contributed by atoms with E-state index in [0.29, 0.717) is 89.6 Å². The van der Waals surface area contributed by atoms with Gasteiger partial charge in [0.1, 0.15) is 5.65 Å². The molecule has 41 heavy (non-hydrogen) atoms. The van der Waals surface area contributed by atoms with Crippen LogP contribution in [0.4, 0.5) is 5.95 Å². The maximum atomic E-state index is 14.2. The zero-order valence-electron chi connectivity index (χ0n) is 22.7. The number of likely N-dealkylation sites (tertiary alicyclic amines) is 1. The van der Waals surface area contributed by atoms with Crippen molar-refractivity contribution in [3.8, 4) is 22.5 Å². The fourth-order valence-electron chi connectivity index (χ4n) is 5.54. The number of nitrogens with one attached hydrogen (secondary N) is 1. The van der Waals surface area contributed by atoms with Gasteiger partial charge >= 0.3 is 0 Å². The summed E-state index contributed by atoms with van der Waals surface area (Å²) in [5, 5.41) is 8.47. The summed E-state index contributed by atoms with van der Waals surface area (Å²) in [6.45, 7) is 4.08. The molecule has 0 bridgehead atoms. The highest BCUT2D eigenvalue weighted by Crippen LogP contribution is 2.33. The van der Waals surface area contributed by atoms with Crippen molar-refractivity contribution in [1.29, 1.82) is 0 Å².